The van der Waals surface area contributed by atoms with E-state index in [0.717, 1.165) is 36.3 Å². The first kappa shape index (κ1) is 17.1. The lowest BCUT2D eigenvalue weighted by Gasteiger charge is -2.19. The Hall–Kier alpha value is -3.32. The summed E-state index contributed by atoms with van der Waals surface area (Å²) >= 11 is 0. The summed E-state index contributed by atoms with van der Waals surface area (Å²) in [6, 6.07) is 18.2. The molecule has 0 saturated heterocycles. The van der Waals surface area contributed by atoms with Crippen molar-refractivity contribution in [2.75, 3.05) is 12.3 Å². The Kier molecular flexibility index (Phi) is 5.02. The van der Waals surface area contributed by atoms with Gasteiger partial charge in [0.25, 0.3) is 0 Å². The molecule has 0 aliphatic heterocycles. The molecule has 1 aromatic carbocycles. The average Bonchev–Trinajstić information content (AvgIpc) is 3.17. The monoisotopic (exact) mass is 359 g/mol. The molecular formula is C20H21N7. The molecule has 4 rings (SSSR count). The van der Waals surface area contributed by atoms with Crippen molar-refractivity contribution in [2.45, 2.75) is 18.9 Å². The van der Waals surface area contributed by atoms with Crippen molar-refractivity contribution >= 4 is 17.0 Å². The molecule has 136 valence electrons. The van der Waals surface area contributed by atoms with Crippen LogP contribution < -0.4 is 11.1 Å². The normalized spacial score (nSPS) is 12.3. The van der Waals surface area contributed by atoms with Gasteiger partial charge in [-0.05, 0) is 42.3 Å². The number of aromatic amines is 1. The number of hydrogen-bond donors (Lipinski definition) is 3. The first-order valence-electron chi connectivity index (χ1n) is 8.94. The van der Waals surface area contributed by atoms with Gasteiger partial charge in [-0.25, -0.2) is 4.98 Å². The van der Waals surface area contributed by atoms with E-state index in [1.165, 1.54) is 5.56 Å². The lowest BCUT2D eigenvalue weighted by molar-refractivity contribution is 0.607. The van der Waals surface area contributed by atoms with Gasteiger partial charge in [-0.1, -0.05) is 36.4 Å². The van der Waals surface area contributed by atoms with Gasteiger partial charge in [0.2, 0.25) is 5.65 Å². The van der Waals surface area contributed by atoms with E-state index in [1.54, 1.807) is 0 Å². The van der Waals surface area contributed by atoms with Crippen molar-refractivity contribution in [2.24, 2.45) is 0 Å². The molecule has 7 heteroatoms. The highest BCUT2D eigenvalue weighted by Gasteiger charge is 2.20. The second kappa shape index (κ2) is 7.92. The van der Waals surface area contributed by atoms with Crippen molar-refractivity contribution in [3.8, 4) is 0 Å². The van der Waals surface area contributed by atoms with Crippen LogP contribution in [0, 0.1) is 0 Å². The number of nitrogen functional groups attached to an aromatic ring is 1. The van der Waals surface area contributed by atoms with E-state index in [1.807, 2.05) is 48.7 Å². The third-order valence-corrected chi connectivity index (χ3v) is 4.56. The van der Waals surface area contributed by atoms with Crippen molar-refractivity contribution in [1.82, 2.24) is 30.7 Å². The van der Waals surface area contributed by atoms with Crippen LogP contribution >= 0.6 is 0 Å². The van der Waals surface area contributed by atoms with E-state index in [0.29, 0.717) is 11.5 Å². The van der Waals surface area contributed by atoms with Crippen molar-refractivity contribution in [1.29, 1.82) is 0 Å². The molecule has 0 amide bonds. The van der Waals surface area contributed by atoms with Crippen LogP contribution in [0.5, 0.6) is 0 Å². The highest BCUT2D eigenvalue weighted by atomic mass is 15.3. The SMILES string of the molecule is Nc1cc([C@H](CCNCc2ccccn2)c2ccccc2)c2n[nH]nc2n1. The second-order valence-electron chi connectivity index (χ2n) is 6.38. The number of anilines is 1. The van der Waals surface area contributed by atoms with Crippen LogP contribution in [0.2, 0.25) is 0 Å². The number of pyridine rings is 2. The zero-order valence-electron chi connectivity index (χ0n) is 14.8. The highest BCUT2D eigenvalue weighted by molar-refractivity contribution is 5.77. The van der Waals surface area contributed by atoms with Crippen LogP contribution in [0.3, 0.4) is 0 Å². The van der Waals surface area contributed by atoms with Gasteiger partial charge in [0.1, 0.15) is 11.3 Å². The number of aromatic nitrogens is 5. The predicted molar refractivity (Wildman–Crippen MR) is 105 cm³/mol. The van der Waals surface area contributed by atoms with Crippen LogP contribution in [0.25, 0.3) is 11.2 Å². The summed E-state index contributed by atoms with van der Waals surface area (Å²) < 4.78 is 0. The average molecular weight is 359 g/mol. The van der Waals surface area contributed by atoms with E-state index >= 15 is 0 Å². The molecule has 0 radical (unpaired) electrons. The van der Waals surface area contributed by atoms with Crippen LogP contribution in [0.4, 0.5) is 5.82 Å². The minimum Gasteiger partial charge on any atom is -0.384 e. The molecule has 4 aromatic rings. The van der Waals surface area contributed by atoms with Gasteiger partial charge in [0, 0.05) is 18.7 Å². The molecular weight excluding hydrogens is 338 g/mol. The number of nitrogens with zero attached hydrogens (tertiary/aromatic N) is 4. The molecule has 0 bridgehead atoms. The lowest BCUT2D eigenvalue weighted by Crippen LogP contribution is -2.18. The first-order chi connectivity index (χ1) is 13.3. The van der Waals surface area contributed by atoms with Gasteiger partial charge in [-0.2, -0.15) is 10.3 Å². The summed E-state index contributed by atoms with van der Waals surface area (Å²) in [5, 5.41) is 14.5. The molecule has 3 aromatic heterocycles. The minimum absolute atomic E-state index is 0.139. The Morgan fingerprint density at radius 3 is 2.70 bits per heavy atom. The van der Waals surface area contributed by atoms with Crippen LogP contribution in [-0.2, 0) is 6.54 Å². The molecule has 27 heavy (non-hydrogen) atoms. The fourth-order valence-corrected chi connectivity index (χ4v) is 3.30. The zero-order chi connectivity index (χ0) is 18.5. The maximum Gasteiger partial charge on any atom is 0.203 e. The smallest absolute Gasteiger partial charge is 0.203 e. The Bertz CT molecular complexity index is 999. The van der Waals surface area contributed by atoms with Gasteiger partial charge in [-0.3, -0.25) is 4.98 Å². The second-order valence-corrected chi connectivity index (χ2v) is 6.38. The van der Waals surface area contributed by atoms with E-state index in [2.05, 4.69) is 42.8 Å². The third-order valence-electron chi connectivity index (χ3n) is 4.56. The van der Waals surface area contributed by atoms with Crippen molar-refractivity contribution in [3.63, 3.8) is 0 Å². The standard InChI is InChI=1S/C20H21N7/c21-18-12-17(19-20(24-18)26-27-25-19)16(14-6-2-1-3-7-14)9-11-22-13-15-8-4-5-10-23-15/h1-8,10,12,16,22H,9,11,13H2,(H3,21,24,25,26,27)/t16-/m1/s1. The Morgan fingerprint density at radius 1 is 1.04 bits per heavy atom. The fraction of sp³-hybridized carbons (Fsp3) is 0.200. The van der Waals surface area contributed by atoms with Gasteiger partial charge >= 0.3 is 0 Å². The maximum absolute atomic E-state index is 6.01. The molecule has 4 N–H and O–H groups in total. The molecule has 3 heterocycles. The number of nitrogens with one attached hydrogen (secondary N) is 2. The summed E-state index contributed by atoms with van der Waals surface area (Å²) in [5.74, 6) is 0.592. The molecule has 0 fully saturated rings. The van der Waals surface area contributed by atoms with Crippen LogP contribution in [0.1, 0.15) is 29.2 Å². The Balaban J connectivity index is 1.57. The summed E-state index contributed by atoms with van der Waals surface area (Å²) in [4.78, 5) is 8.61. The van der Waals surface area contributed by atoms with Crippen molar-refractivity contribution in [3.05, 3.63) is 77.6 Å². The van der Waals surface area contributed by atoms with Gasteiger partial charge in [0.15, 0.2) is 0 Å². The van der Waals surface area contributed by atoms with Crippen molar-refractivity contribution < 1.29 is 0 Å². The number of H-pyrrole nitrogens is 1. The molecule has 7 nitrogen and oxygen atoms in total. The largest absolute Gasteiger partial charge is 0.384 e. The van der Waals surface area contributed by atoms with Gasteiger partial charge in [-0.15, -0.1) is 5.10 Å². The quantitative estimate of drug-likeness (QED) is 0.438. The number of nitrogens with two attached hydrogens (primary N) is 1. The lowest BCUT2D eigenvalue weighted by atomic mass is 9.88. The number of fused-ring (bicyclic) bond motifs is 1. The molecule has 1 atom stereocenters. The van der Waals surface area contributed by atoms with E-state index in [4.69, 9.17) is 5.73 Å². The minimum atomic E-state index is 0.139. The van der Waals surface area contributed by atoms with Crippen LogP contribution in [0.15, 0.2) is 60.8 Å². The topological polar surface area (TPSA) is 105 Å². The summed E-state index contributed by atoms with van der Waals surface area (Å²) in [6.07, 6.45) is 2.70. The summed E-state index contributed by atoms with van der Waals surface area (Å²) in [7, 11) is 0. The number of hydrogen-bond acceptors (Lipinski definition) is 6. The maximum atomic E-state index is 6.01. The molecule has 0 spiro atoms. The van der Waals surface area contributed by atoms with E-state index in [9.17, 15) is 0 Å². The number of rotatable bonds is 7. The summed E-state index contributed by atoms with van der Waals surface area (Å²) in [5.41, 5.74) is 10.6. The fourth-order valence-electron chi connectivity index (χ4n) is 3.30. The third kappa shape index (κ3) is 3.93. The van der Waals surface area contributed by atoms with E-state index < -0.39 is 0 Å². The Morgan fingerprint density at radius 2 is 1.89 bits per heavy atom. The predicted octanol–water partition coefficient (Wildman–Crippen LogP) is 2.64. The van der Waals surface area contributed by atoms with E-state index in [-0.39, 0.29) is 5.92 Å². The number of benzene rings is 1. The zero-order valence-corrected chi connectivity index (χ0v) is 14.8. The summed E-state index contributed by atoms with van der Waals surface area (Å²) in [6.45, 7) is 1.57. The van der Waals surface area contributed by atoms with Crippen LogP contribution in [-0.4, -0.2) is 31.9 Å². The molecule has 0 aliphatic rings. The molecule has 0 aliphatic carbocycles. The Labute approximate surface area is 157 Å². The van der Waals surface area contributed by atoms with Gasteiger partial charge in [0.05, 0.1) is 5.69 Å². The molecule has 0 unspecified atom stereocenters. The highest BCUT2D eigenvalue weighted by Crippen LogP contribution is 2.32. The molecule has 0 saturated carbocycles. The first-order valence-corrected chi connectivity index (χ1v) is 8.94. The van der Waals surface area contributed by atoms with Gasteiger partial charge < -0.3 is 11.1 Å².